The molecule has 2 aromatic rings. The van der Waals surface area contributed by atoms with Gasteiger partial charge in [0.1, 0.15) is 6.17 Å². The number of hydrogen-bond donors (Lipinski definition) is 2. The van der Waals surface area contributed by atoms with Crippen LogP contribution in [0.15, 0.2) is 53.7 Å². The molecule has 1 unspecified atom stereocenters. The van der Waals surface area contributed by atoms with E-state index in [0.29, 0.717) is 22.4 Å². The molecule has 0 bridgehead atoms. The Morgan fingerprint density at radius 3 is 2.44 bits per heavy atom. The summed E-state index contributed by atoms with van der Waals surface area (Å²) in [5.74, 6) is -1.05. The first kappa shape index (κ1) is 23.0. The minimum absolute atomic E-state index is 0.0668. The van der Waals surface area contributed by atoms with E-state index in [0.717, 1.165) is 12.1 Å². The van der Waals surface area contributed by atoms with Crippen LogP contribution >= 0.6 is 0 Å². The maximum atomic E-state index is 13.3. The zero-order valence-corrected chi connectivity index (χ0v) is 17.6. The van der Waals surface area contributed by atoms with Gasteiger partial charge in [0, 0.05) is 16.8 Å². The topological polar surface area (TPSA) is 99.2 Å². The Morgan fingerprint density at radius 2 is 1.88 bits per heavy atom. The Hall–Kier alpha value is -3.64. The Bertz CT molecular complexity index is 1160. The van der Waals surface area contributed by atoms with Gasteiger partial charge in [0.15, 0.2) is 5.78 Å². The van der Waals surface area contributed by atoms with Gasteiger partial charge in [-0.2, -0.15) is 18.4 Å². The van der Waals surface area contributed by atoms with Crippen molar-refractivity contribution in [3.8, 4) is 6.07 Å². The van der Waals surface area contributed by atoms with Crippen molar-refractivity contribution < 1.29 is 22.8 Å². The molecule has 1 heterocycles. The number of primary amides is 1. The molecule has 166 valence electrons. The molecular weight excluding hydrogens is 421 g/mol. The average molecular weight is 442 g/mol. The molecule has 2 atom stereocenters. The monoisotopic (exact) mass is 442 g/mol. The van der Waals surface area contributed by atoms with Gasteiger partial charge in [-0.1, -0.05) is 18.2 Å². The van der Waals surface area contributed by atoms with E-state index in [9.17, 15) is 28.0 Å². The average Bonchev–Trinajstić information content (AvgIpc) is 2.73. The Labute approximate surface area is 183 Å². The summed E-state index contributed by atoms with van der Waals surface area (Å²) in [5.41, 5.74) is 6.60. The van der Waals surface area contributed by atoms with Crippen LogP contribution in [-0.4, -0.2) is 23.6 Å². The van der Waals surface area contributed by atoms with Crippen molar-refractivity contribution in [2.75, 3.05) is 7.05 Å². The molecule has 0 saturated heterocycles. The van der Waals surface area contributed by atoms with Crippen LogP contribution in [0.1, 0.15) is 58.7 Å². The number of Topliss-reactive ketones (excluding diaryl/α,β-unsaturated/α-hetero) is 1. The number of carbonyl (C=O) groups excluding carboxylic acids is 2. The fraction of sp³-hybridized carbons (Fsp3) is 0.261. The van der Waals surface area contributed by atoms with Gasteiger partial charge < -0.3 is 11.1 Å². The SMILES string of the molecule is CC(=O)C1=C(C)N[C@@H](c2cccc(C(F)(F)F)c2)N(C)C1c1ccc(C#N)cc1C(N)=O. The minimum Gasteiger partial charge on any atom is -0.369 e. The van der Waals surface area contributed by atoms with Crippen molar-refractivity contribution in [2.45, 2.75) is 32.2 Å². The van der Waals surface area contributed by atoms with Crippen molar-refractivity contribution in [1.29, 1.82) is 5.26 Å². The fourth-order valence-electron chi connectivity index (χ4n) is 4.06. The van der Waals surface area contributed by atoms with Gasteiger partial charge in [-0.15, -0.1) is 0 Å². The van der Waals surface area contributed by atoms with Crippen molar-refractivity contribution >= 4 is 11.7 Å². The number of amides is 1. The van der Waals surface area contributed by atoms with Crippen LogP contribution in [0.3, 0.4) is 0 Å². The molecule has 32 heavy (non-hydrogen) atoms. The van der Waals surface area contributed by atoms with Crippen LogP contribution < -0.4 is 11.1 Å². The summed E-state index contributed by atoms with van der Waals surface area (Å²) in [6.45, 7) is 3.03. The molecular formula is C23H21F3N4O2. The third-order valence-electron chi connectivity index (χ3n) is 5.50. The fourth-order valence-corrected chi connectivity index (χ4v) is 4.06. The van der Waals surface area contributed by atoms with Crippen LogP contribution in [0.4, 0.5) is 13.2 Å². The number of likely N-dealkylation sites (N-methyl/N-ethyl adjacent to an activating group) is 1. The first-order chi connectivity index (χ1) is 15.0. The zero-order valence-electron chi connectivity index (χ0n) is 17.6. The lowest BCUT2D eigenvalue weighted by molar-refractivity contribution is -0.137. The van der Waals surface area contributed by atoms with Crippen molar-refractivity contribution in [1.82, 2.24) is 10.2 Å². The summed E-state index contributed by atoms with van der Waals surface area (Å²) in [6, 6.07) is 10.5. The highest BCUT2D eigenvalue weighted by atomic mass is 19.4. The van der Waals surface area contributed by atoms with Crippen LogP contribution in [0.2, 0.25) is 0 Å². The normalized spacial score (nSPS) is 19.3. The molecule has 1 amide bonds. The quantitative estimate of drug-likeness (QED) is 0.750. The Balaban J connectivity index is 2.20. The maximum absolute atomic E-state index is 13.3. The molecule has 3 N–H and O–H groups in total. The van der Waals surface area contributed by atoms with Crippen LogP contribution in [0, 0.1) is 11.3 Å². The molecule has 0 radical (unpaired) electrons. The summed E-state index contributed by atoms with van der Waals surface area (Å²) in [6.07, 6.45) is -5.23. The molecule has 2 aromatic carbocycles. The predicted octanol–water partition coefficient (Wildman–Crippen LogP) is 3.81. The lowest BCUT2D eigenvalue weighted by atomic mass is 9.86. The van der Waals surface area contributed by atoms with Crippen LogP contribution in [-0.2, 0) is 11.0 Å². The van der Waals surface area contributed by atoms with Gasteiger partial charge in [-0.3, -0.25) is 14.5 Å². The van der Waals surface area contributed by atoms with Crippen molar-refractivity contribution in [2.24, 2.45) is 5.73 Å². The van der Waals surface area contributed by atoms with E-state index >= 15 is 0 Å². The second-order valence-electron chi connectivity index (χ2n) is 7.61. The van der Waals surface area contributed by atoms with E-state index in [1.165, 1.54) is 25.1 Å². The van der Waals surface area contributed by atoms with Crippen molar-refractivity contribution in [3.63, 3.8) is 0 Å². The van der Waals surface area contributed by atoms with E-state index in [2.05, 4.69) is 5.32 Å². The Kier molecular flexibility index (Phi) is 6.10. The van der Waals surface area contributed by atoms with Gasteiger partial charge in [0.05, 0.1) is 23.2 Å². The molecule has 1 aliphatic rings. The molecule has 3 rings (SSSR count). The molecule has 1 aliphatic heterocycles. The number of halogens is 3. The summed E-state index contributed by atoms with van der Waals surface area (Å²) in [7, 11) is 1.64. The molecule has 0 aliphatic carbocycles. The lowest BCUT2D eigenvalue weighted by Crippen LogP contribution is -2.45. The van der Waals surface area contributed by atoms with E-state index in [1.54, 1.807) is 31.0 Å². The summed E-state index contributed by atoms with van der Waals surface area (Å²) in [4.78, 5) is 26.4. The van der Waals surface area contributed by atoms with Gasteiger partial charge in [0.2, 0.25) is 5.91 Å². The van der Waals surface area contributed by atoms with Gasteiger partial charge in [-0.25, -0.2) is 0 Å². The first-order valence-corrected chi connectivity index (χ1v) is 9.67. The smallest absolute Gasteiger partial charge is 0.369 e. The highest BCUT2D eigenvalue weighted by Crippen LogP contribution is 2.41. The number of ketones is 1. The third kappa shape index (κ3) is 4.22. The second-order valence-corrected chi connectivity index (χ2v) is 7.61. The summed E-state index contributed by atoms with van der Waals surface area (Å²) < 4.78 is 39.8. The highest BCUT2D eigenvalue weighted by molar-refractivity contribution is 5.98. The van der Waals surface area contributed by atoms with Gasteiger partial charge in [0.25, 0.3) is 0 Å². The number of nitrogens with zero attached hydrogens (tertiary/aromatic N) is 2. The van der Waals surface area contributed by atoms with Gasteiger partial charge >= 0.3 is 6.18 Å². The molecule has 0 fully saturated rings. The number of hydrogen-bond acceptors (Lipinski definition) is 5. The molecule has 9 heteroatoms. The predicted molar refractivity (Wildman–Crippen MR) is 111 cm³/mol. The number of benzene rings is 2. The summed E-state index contributed by atoms with van der Waals surface area (Å²) in [5, 5.41) is 12.3. The summed E-state index contributed by atoms with van der Waals surface area (Å²) >= 11 is 0. The molecule has 6 nitrogen and oxygen atoms in total. The second kappa shape index (κ2) is 8.48. The number of nitriles is 1. The number of allylic oxidation sites excluding steroid dienone is 1. The minimum atomic E-state index is -4.51. The number of nitrogens with one attached hydrogen (secondary N) is 1. The van der Waals surface area contributed by atoms with E-state index in [-0.39, 0.29) is 16.9 Å². The third-order valence-corrected chi connectivity index (χ3v) is 5.50. The number of rotatable bonds is 4. The van der Waals surface area contributed by atoms with Crippen LogP contribution in [0.25, 0.3) is 0 Å². The largest absolute Gasteiger partial charge is 0.416 e. The first-order valence-electron chi connectivity index (χ1n) is 9.67. The number of carbonyl (C=O) groups is 2. The number of alkyl halides is 3. The number of nitrogens with two attached hydrogens (primary N) is 1. The molecule has 0 aromatic heterocycles. The molecule has 0 saturated carbocycles. The standard InChI is InChI=1S/C23H21F3N4O2/c1-12-19(13(2)31)20(17-8-7-14(11-27)9-18(17)21(28)32)30(3)22(29-12)15-5-4-6-16(10-15)23(24,25)26/h4-10,20,22,29H,1-3H3,(H2,28,32)/t20?,22-/m1/s1. The Morgan fingerprint density at radius 1 is 1.19 bits per heavy atom. The van der Waals surface area contributed by atoms with Crippen LogP contribution in [0.5, 0.6) is 0 Å². The van der Waals surface area contributed by atoms with E-state index in [1.807, 2.05) is 6.07 Å². The van der Waals surface area contributed by atoms with E-state index in [4.69, 9.17) is 5.73 Å². The van der Waals surface area contributed by atoms with Gasteiger partial charge in [-0.05, 0) is 56.3 Å². The maximum Gasteiger partial charge on any atom is 0.416 e. The van der Waals surface area contributed by atoms with Crippen molar-refractivity contribution in [3.05, 3.63) is 81.6 Å². The van der Waals surface area contributed by atoms with E-state index < -0.39 is 29.9 Å². The molecule has 0 spiro atoms. The zero-order chi connectivity index (χ0) is 23.8. The lowest BCUT2D eigenvalue weighted by Gasteiger charge is -2.43. The highest BCUT2D eigenvalue weighted by Gasteiger charge is 2.38.